The molecular weight excluding hydrogens is 817 g/mol. The van der Waals surface area contributed by atoms with Gasteiger partial charge < -0.3 is 0 Å². The van der Waals surface area contributed by atoms with E-state index in [9.17, 15) is 0 Å². The van der Waals surface area contributed by atoms with E-state index in [1.165, 1.54) is 225 Å². The molecule has 0 nitrogen and oxygen atoms in total. The van der Waals surface area contributed by atoms with Gasteiger partial charge in [0, 0.05) is 58.2 Å². The van der Waals surface area contributed by atoms with E-state index in [0.29, 0.717) is 0 Å². The zero-order chi connectivity index (χ0) is 40.4. The van der Waals surface area contributed by atoms with Gasteiger partial charge in [-0.3, -0.25) is 0 Å². The zero-order valence-electron chi connectivity index (χ0n) is 36.5. The standard InChI is InChI=1S/C52H72S6/c1-5-7-9-11-13-15-17-19-21-23-25-27-29-41-35-45(57-51(41)43-33-31-39(3)53-43)47-37-49-50(55-47)38-48(56-49)46-36-42(52(58-46)44-34-32-40(4)54-44)30-28-26-24-22-20-18-16-14-12-10-8-6-2/h31-38H,5-30H2,1-4H3. The minimum Gasteiger partial charge on any atom is -0.140 e. The molecule has 0 radical (unpaired) electrons. The molecule has 0 aliphatic carbocycles. The van der Waals surface area contributed by atoms with Crippen LogP contribution in [0, 0.1) is 13.8 Å². The Bertz CT molecular complexity index is 1850. The molecule has 0 fully saturated rings. The van der Waals surface area contributed by atoms with Crippen molar-refractivity contribution in [2.24, 2.45) is 0 Å². The van der Waals surface area contributed by atoms with Crippen LogP contribution in [-0.4, -0.2) is 0 Å². The highest BCUT2D eigenvalue weighted by Crippen LogP contribution is 2.49. The molecule has 0 unspecified atom stereocenters. The number of aryl methyl sites for hydroxylation is 4. The molecule has 0 saturated carbocycles. The number of hydrogen-bond donors (Lipinski definition) is 0. The molecule has 6 aromatic rings. The Kier molecular flexibility index (Phi) is 20.1. The van der Waals surface area contributed by atoms with Crippen molar-refractivity contribution in [3.05, 3.63) is 69.4 Å². The monoisotopic (exact) mass is 888 g/mol. The van der Waals surface area contributed by atoms with Gasteiger partial charge in [-0.2, -0.15) is 0 Å². The molecule has 6 rings (SSSR count). The van der Waals surface area contributed by atoms with Gasteiger partial charge in [0.2, 0.25) is 0 Å². The second-order valence-electron chi connectivity index (χ2n) is 17.0. The Morgan fingerprint density at radius 1 is 0.310 bits per heavy atom. The van der Waals surface area contributed by atoms with E-state index in [1.54, 1.807) is 11.1 Å². The maximum absolute atomic E-state index is 2.56. The van der Waals surface area contributed by atoms with Crippen molar-refractivity contribution in [3.8, 4) is 39.0 Å². The molecule has 316 valence electrons. The van der Waals surface area contributed by atoms with Crippen LogP contribution in [0.2, 0.25) is 0 Å². The van der Waals surface area contributed by atoms with Crippen LogP contribution in [0.25, 0.3) is 48.4 Å². The summed E-state index contributed by atoms with van der Waals surface area (Å²) in [6, 6.07) is 19.4. The summed E-state index contributed by atoms with van der Waals surface area (Å²) >= 11 is 12.0. The second kappa shape index (κ2) is 25.4. The first-order valence-corrected chi connectivity index (χ1v) is 28.4. The highest BCUT2D eigenvalue weighted by atomic mass is 32.1. The molecule has 0 aliphatic rings. The highest BCUT2D eigenvalue weighted by Gasteiger charge is 2.19. The average molecular weight is 890 g/mol. The Hall–Kier alpha value is -1.54. The fraction of sp³-hybridized carbons (Fsp3) is 0.577. The Labute approximate surface area is 377 Å². The predicted octanol–water partition coefficient (Wildman–Crippen LogP) is 21.0. The third-order valence-corrected chi connectivity index (χ3v) is 19.2. The smallest absolute Gasteiger partial charge is 0.0481 e. The molecule has 6 aromatic heterocycles. The molecule has 0 amide bonds. The summed E-state index contributed by atoms with van der Waals surface area (Å²) in [5, 5.41) is 0. The van der Waals surface area contributed by atoms with Crippen molar-refractivity contribution in [1.29, 1.82) is 0 Å². The van der Waals surface area contributed by atoms with Crippen LogP contribution in [0.15, 0.2) is 48.5 Å². The van der Waals surface area contributed by atoms with Crippen LogP contribution in [0.5, 0.6) is 0 Å². The number of rotatable bonds is 30. The minimum atomic E-state index is 1.20. The lowest BCUT2D eigenvalue weighted by molar-refractivity contribution is 0.544. The lowest BCUT2D eigenvalue weighted by Gasteiger charge is -2.04. The highest BCUT2D eigenvalue weighted by molar-refractivity contribution is 7.34. The first-order valence-electron chi connectivity index (χ1n) is 23.5. The summed E-state index contributed by atoms with van der Waals surface area (Å²) in [6.45, 7) is 9.12. The van der Waals surface area contributed by atoms with Crippen LogP contribution < -0.4 is 0 Å². The van der Waals surface area contributed by atoms with Crippen LogP contribution >= 0.6 is 68.0 Å². The lowest BCUT2D eigenvalue weighted by Crippen LogP contribution is -1.87. The normalized spacial score (nSPS) is 11.9. The van der Waals surface area contributed by atoms with Gasteiger partial charge in [0.1, 0.15) is 0 Å². The summed E-state index contributed by atoms with van der Waals surface area (Å²) < 4.78 is 2.90. The maximum atomic E-state index is 2.56. The molecule has 0 spiro atoms. The number of hydrogen-bond acceptors (Lipinski definition) is 6. The van der Waals surface area contributed by atoms with Crippen molar-refractivity contribution in [2.75, 3.05) is 0 Å². The van der Waals surface area contributed by atoms with E-state index in [4.69, 9.17) is 0 Å². The summed E-state index contributed by atoms with van der Waals surface area (Å²) in [5.74, 6) is 0. The largest absolute Gasteiger partial charge is 0.140 e. The summed E-state index contributed by atoms with van der Waals surface area (Å²) in [5.41, 5.74) is 3.14. The fourth-order valence-electron chi connectivity index (χ4n) is 8.39. The van der Waals surface area contributed by atoms with E-state index in [-0.39, 0.29) is 0 Å². The van der Waals surface area contributed by atoms with Gasteiger partial charge in [-0.1, -0.05) is 155 Å². The first-order chi connectivity index (χ1) is 28.5. The van der Waals surface area contributed by atoms with Crippen LogP contribution in [0.4, 0.5) is 0 Å². The van der Waals surface area contributed by atoms with Crippen molar-refractivity contribution < 1.29 is 0 Å². The van der Waals surface area contributed by atoms with Crippen molar-refractivity contribution in [1.82, 2.24) is 0 Å². The summed E-state index contributed by atoms with van der Waals surface area (Å²) in [6.07, 6.45) is 36.1. The van der Waals surface area contributed by atoms with E-state index in [2.05, 4.69) is 76.2 Å². The molecule has 0 aromatic carbocycles. The van der Waals surface area contributed by atoms with E-state index in [0.717, 1.165) is 0 Å². The van der Waals surface area contributed by atoms with Gasteiger partial charge in [0.25, 0.3) is 0 Å². The molecular formula is C52H72S6. The lowest BCUT2D eigenvalue weighted by atomic mass is 10.0. The van der Waals surface area contributed by atoms with Gasteiger partial charge in [0.15, 0.2) is 0 Å². The molecule has 0 aliphatic heterocycles. The molecule has 6 heteroatoms. The van der Waals surface area contributed by atoms with Crippen LogP contribution in [-0.2, 0) is 12.8 Å². The van der Waals surface area contributed by atoms with E-state index < -0.39 is 0 Å². The second-order valence-corrected chi connectivity index (χ2v) is 23.8. The van der Waals surface area contributed by atoms with Gasteiger partial charge in [-0.15, -0.1) is 68.0 Å². The molecule has 0 bridgehead atoms. The van der Waals surface area contributed by atoms with Gasteiger partial charge in [0.05, 0.1) is 0 Å². The molecule has 0 atom stereocenters. The Morgan fingerprint density at radius 2 is 0.621 bits per heavy atom. The molecule has 6 heterocycles. The van der Waals surface area contributed by atoms with Crippen molar-refractivity contribution in [3.63, 3.8) is 0 Å². The number of unbranched alkanes of at least 4 members (excludes halogenated alkanes) is 22. The Balaban J connectivity index is 1.04. The third kappa shape index (κ3) is 14.3. The summed E-state index contributed by atoms with van der Waals surface area (Å²) in [4.78, 5) is 14.6. The SMILES string of the molecule is CCCCCCCCCCCCCCc1cc(-c2cc3sc(-c4cc(CCCCCCCCCCCCCC)c(-c5ccc(C)s5)s4)cc3s2)sc1-c1ccc(C)s1. The predicted molar refractivity (Wildman–Crippen MR) is 272 cm³/mol. The van der Waals surface area contributed by atoms with Crippen molar-refractivity contribution in [2.45, 2.75) is 195 Å². The Morgan fingerprint density at radius 3 is 0.931 bits per heavy atom. The quantitative estimate of drug-likeness (QED) is 0.0395. The van der Waals surface area contributed by atoms with Gasteiger partial charge in [-0.25, -0.2) is 0 Å². The number of fused-ring (bicyclic) bond motifs is 1. The fourth-order valence-corrected chi connectivity index (χ4v) is 15.4. The topological polar surface area (TPSA) is 0 Å². The zero-order valence-corrected chi connectivity index (χ0v) is 41.4. The van der Waals surface area contributed by atoms with Crippen LogP contribution in [0.3, 0.4) is 0 Å². The minimum absolute atomic E-state index is 1.20. The van der Waals surface area contributed by atoms with Gasteiger partial charge in [-0.05, 0) is 99.2 Å². The maximum Gasteiger partial charge on any atom is 0.0481 e. The van der Waals surface area contributed by atoms with E-state index >= 15 is 0 Å². The first kappa shape index (κ1) is 46.0. The molecule has 58 heavy (non-hydrogen) atoms. The summed E-state index contributed by atoms with van der Waals surface area (Å²) in [7, 11) is 0. The third-order valence-electron chi connectivity index (χ3n) is 11.8. The van der Waals surface area contributed by atoms with E-state index in [1.807, 2.05) is 68.0 Å². The van der Waals surface area contributed by atoms with Crippen molar-refractivity contribution >= 4 is 77.4 Å². The molecule has 0 saturated heterocycles. The number of thiophene rings is 6. The van der Waals surface area contributed by atoms with Crippen LogP contribution in [0.1, 0.15) is 189 Å². The van der Waals surface area contributed by atoms with Gasteiger partial charge >= 0.3 is 0 Å². The average Bonchev–Trinajstić information content (AvgIpc) is 4.08. The molecule has 0 N–H and O–H groups in total.